The van der Waals surface area contributed by atoms with E-state index < -0.39 is 0 Å². The van der Waals surface area contributed by atoms with E-state index in [0.29, 0.717) is 6.04 Å². The highest BCUT2D eigenvalue weighted by atomic mass is 16.5. The van der Waals surface area contributed by atoms with Crippen molar-refractivity contribution >= 4 is 0 Å². The molecular weight excluding hydrogens is 212 g/mol. The number of hydrogen-bond acceptors (Lipinski definition) is 3. The van der Waals surface area contributed by atoms with Crippen LogP contribution in [0.2, 0.25) is 0 Å². The van der Waals surface area contributed by atoms with Gasteiger partial charge in [-0.1, -0.05) is 0 Å². The highest BCUT2D eigenvalue weighted by Crippen LogP contribution is 2.28. The first-order valence-electron chi connectivity index (χ1n) is 7.27. The molecule has 3 heteroatoms. The van der Waals surface area contributed by atoms with Gasteiger partial charge in [-0.2, -0.15) is 0 Å². The summed E-state index contributed by atoms with van der Waals surface area (Å²) in [7, 11) is 2.21. The summed E-state index contributed by atoms with van der Waals surface area (Å²) in [4.78, 5) is 2.42. The van der Waals surface area contributed by atoms with E-state index in [2.05, 4.69) is 24.2 Å². The fourth-order valence-electron chi connectivity index (χ4n) is 1.97. The van der Waals surface area contributed by atoms with Gasteiger partial charge in [0, 0.05) is 25.2 Å². The Morgan fingerprint density at radius 3 is 2.71 bits per heavy atom. The summed E-state index contributed by atoms with van der Waals surface area (Å²) < 4.78 is 5.67. The van der Waals surface area contributed by atoms with Crippen molar-refractivity contribution in [3.63, 3.8) is 0 Å². The SMILES string of the molecule is CC(CCNC1CC1)N(C)CCOCC1CC1. The second-order valence-corrected chi connectivity index (χ2v) is 5.86. The van der Waals surface area contributed by atoms with Crippen LogP contribution in [-0.4, -0.2) is 50.3 Å². The average molecular weight is 240 g/mol. The van der Waals surface area contributed by atoms with Gasteiger partial charge in [-0.05, 0) is 58.5 Å². The Morgan fingerprint density at radius 1 is 1.29 bits per heavy atom. The van der Waals surface area contributed by atoms with Gasteiger partial charge in [0.2, 0.25) is 0 Å². The maximum Gasteiger partial charge on any atom is 0.0593 e. The molecule has 0 saturated heterocycles. The van der Waals surface area contributed by atoms with E-state index in [-0.39, 0.29) is 0 Å². The van der Waals surface area contributed by atoms with E-state index in [4.69, 9.17) is 4.74 Å². The Hall–Kier alpha value is -0.120. The van der Waals surface area contributed by atoms with Crippen LogP contribution in [0.1, 0.15) is 39.0 Å². The number of hydrogen-bond donors (Lipinski definition) is 1. The van der Waals surface area contributed by atoms with Gasteiger partial charge >= 0.3 is 0 Å². The summed E-state index contributed by atoms with van der Waals surface area (Å²) in [6, 6.07) is 1.50. The number of nitrogens with one attached hydrogen (secondary N) is 1. The molecule has 0 aromatic carbocycles. The molecule has 3 nitrogen and oxygen atoms in total. The summed E-state index contributed by atoms with van der Waals surface area (Å²) in [6.07, 6.45) is 6.80. The van der Waals surface area contributed by atoms with Crippen LogP contribution in [0.5, 0.6) is 0 Å². The molecule has 0 aromatic rings. The molecule has 100 valence electrons. The van der Waals surface area contributed by atoms with Gasteiger partial charge in [0.15, 0.2) is 0 Å². The van der Waals surface area contributed by atoms with E-state index >= 15 is 0 Å². The minimum Gasteiger partial charge on any atom is -0.380 e. The van der Waals surface area contributed by atoms with Crippen LogP contribution in [0, 0.1) is 5.92 Å². The monoisotopic (exact) mass is 240 g/mol. The zero-order chi connectivity index (χ0) is 12.1. The minimum absolute atomic E-state index is 0.658. The molecule has 2 rings (SSSR count). The maximum absolute atomic E-state index is 5.67. The fraction of sp³-hybridized carbons (Fsp3) is 1.00. The van der Waals surface area contributed by atoms with Crippen LogP contribution in [0.25, 0.3) is 0 Å². The second kappa shape index (κ2) is 6.72. The van der Waals surface area contributed by atoms with Gasteiger partial charge in [-0.25, -0.2) is 0 Å². The Morgan fingerprint density at radius 2 is 2.06 bits per heavy atom. The number of nitrogens with zero attached hydrogens (tertiary/aromatic N) is 1. The summed E-state index contributed by atoms with van der Waals surface area (Å²) >= 11 is 0. The van der Waals surface area contributed by atoms with Crippen LogP contribution < -0.4 is 5.32 Å². The van der Waals surface area contributed by atoms with Crippen molar-refractivity contribution in [1.82, 2.24) is 10.2 Å². The zero-order valence-electron chi connectivity index (χ0n) is 11.5. The molecule has 2 saturated carbocycles. The van der Waals surface area contributed by atoms with E-state index in [1.165, 1.54) is 38.6 Å². The van der Waals surface area contributed by atoms with Crippen LogP contribution in [0.15, 0.2) is 0 Å². The van der Waals surface area contributed by atoms with Gasteiger partial charge in [0.05, 0.1) is 6.61 Å². The first kappa shape index (κ1) is 13.3. The molecular formula is C14H28N2O. The van der Waals surface area contributed by atoms with Crippen LogP contribution >= 0.6 is 0 Å². The van der Waals surface area contributed by atoms with Crippen molar-refractivity contribution in [3.05, 3.63) is 0 Å². The minimum atomic E-state index is 0.658. The van der Waals surface area contributed by atoms with Gasteiger partial charge in [0.1, 0.15) is 0 Å². The van der Waals surface area contributed by atoms with E-state index in [0.717, 1.165) is 31.7 Å². The van der Waals surface area contributed by atoms with Crippen LogP contribution in [0.4, 0.5) is 0 Å². The maximum atomic E-state index is 5.67. The molecule has 0 heterocycles. The Kier molecular flexibility index (Phi) is 5.26. The summed E-state index contributed by atoms with van der Waals surface area (Å²) in [6.45, 7) is 6.44. The van der Waals surface area contributed by atoms with Gasteiger partial charge < -0.3 is 15.0 Å². The molecule has 0 spiro atoms. The van der Waals surface area contributed by atoms with Gasteiger partial charge in [-0.3, -0.25) is 0 Å². The van der Waals surface area contributed by atoms with Crippen LogP contribution in [-0.2, 0) is 4.74 Å². The first-order valence-corrected chi connectivity index (χ1v) is 7.27. The molecule has 1 unspecified atom stereocenters. The molecule has 0 amide bonds. The molecule has 1 N–H and O–H groups in total. The summed E-state index contributed by atoms with van der Waals surface area (Å²) in [5, 5.41) is 3.57. The third-order valence-corrected chi connectivity index (χ3v) is 3.96. The van der Waals surface area contributed by atoms with Crippen molar-refractivity contribution in [2.75, 3.05) is 33.4 Å². The van der Waals surface area contributed by atoms with Crippen molar-refractivity contribution < 1.29 is 4.74 Å². The average Bonchev–Trinajstić information content (AvgIpc) is 3.16. The van der Waals surface area contributed by atoms with Gasteiger partial charge in [0.25, 0.3) is 0 Å². The largest absolute Gasteiger partial charge is 0.380 e. The molecule has 0 bridgehead atoms. The third-order valence-electron chi connectivity index (χ3n) is 3.96. The lowest BCUT2D eigenvalue weighted by Crippen LogP contribution is -2.35. The second-order valence-electron chi connectivity index (χ2n) is 5.86. The third kappa shape index (κ3) is 5.84. The smallest absolute Gasteiger partial charge is 0.0593 e. The topological polar surface area (TPSA) is 24.5 Å². The normalized spacial score (nSPS) is 22.1. The molecule has 17 heavy (non-hydrogen) atoms. The van der Waals surface area contributed by atoms with Crippen molar-refractivity contribution in [3.8, 4) is 0 Å². The fourth-order valence-corrected chi connectivity index (χ4v) is 1.97. The molecule has 0 aliphatic heterocycles. The predicted octanol–water partition coefficient (Wildman–Crippen LogP) is 1.88. The van der Waals surface area contributed by atoms with E-state index in [1.807, 2.05) is 0 Å². The van der Waals surface area contributed by atoms with E-state index in [1.54, 1.807) is 0 Å². The van der Waals surface area contributed by atoms with Crippen molar-refractivity contribution in [2.45, 2.75) is 51.1 Å². The zero-order valence-corrected chi connectivity index (χ0v) is 11.5. The Bertz CT molecular complexity index is 214. The first-order chi connectivity index (χ1) is 8.25. The van der Waals surface area contributed by atoms with Crippen molar-refractivity contribution in [2.24, 2.45) is 5.92 Å². The van der Waals surface area contributed by atoms with Crippen molar-refractivity contribution in [1.29, 1.82) is 0 Å². The number of rotatable bonds is 10. The predicted molar refractivity (Wildman–Crippen MR) is 71.3 cm³/mol. The summed E-state index contributed by atoms with van der Waals surface area (Å²) in [5.41, 5.74) is 0. The highest BCUT2D eigenvalue weighted by molar-refractivity contribution is 4.81. The molecule has 2 aliphatic carbocycles. The molecule has 0 aromatic heterocycles. The molecule has 0 radical (unpaired) electrons. The number of likely N-dealkylation sites (N-methyl/N-ethyl adjacent to an activating group) is 1. The lowest BCUT2D eigenvalue weighted by molar-refractivity contribution is 0.0924. The molecule has 1 atom stereocenters. The molecule has 2 aliphatic rings. The Labute approximate surface area is 106 Å². The standard InChI is InChI=1S/C14H28N2O/c1-12(7-8-15-14-5-6-14)16(2)9-10-17-11-13-3-4-13/h12-15H,3-11H2,1-2H3. The number of ether oxygens (including phenoxy) is 1. The summed E-state index contributed by atoms with van der Waals surface area (Å²) in [5.74, 6) is 0.889. The Balaban J connectivity index is 1.43. The quantitative estimate of drug-likeness (QED) is 0.590. The van der Waals surface area contributed by atoms with Crippen LogP contribution in [0.3, 0.4) is 0 Å². The van der Waals surface area contributed by atoms with Gasteiger partial charge in [-0.15, -0.1) is 0 Å². The van der Waals surface area contributed by atoms with E-state index in [9.17, 15) is 0 Å². The lowest BCUT2D eigenvalue weighted by Gasteiger charge is -2.24. The molecule has 2 fully saturated rings. The lowest BCUT2D eigenvalue weighted by atomic mass is 10.2. The highest BCUT2D eigenvalue weighted by Gasteiger charge is 2.21.